The summed E-state index contributed by atoms with van der Waals surface area (Å²) in [6.45, 7) is 6.13. The number of hydrogen-bond donors (Lipinski definition) is 0. The summed E-state index contributed by atoms with van der Waals surface area (Å²) in [5, 5.41) is 3.30. The lowest BCUT2D eigenvalue weighted by molar-refractivity contribution is -0.141. The zero-order valence-corrected chi connectivity index (χ0v) is 11.8. The van der Waals surface area contributed by atoms with Crippen LogP contribution in [-0.4, -0.2) is 5.16 Å². The molecule has 2 rings (SSSR count). The number of aryl methyl sites for hydroxylation is 1. The van der Waals surface area contributed by atoms with Crippen molar-refractivity contribution in [3.8, 4) is 0 Å². The van der Waals surface area contributed by atoms with Gasteiger partial charge in [-0.2, -0.15) is 13.2 Å². The summed E-state index contributed by atoms with van der Waals surface area (Å²) in [6.07, 6.45) is -2.00. The maximum absolute atomic E-state index is 12.9. The van der Waals surface area contributed by atoms with Crippen molar-refractivity contribution in [2.75, 3.05) is 0 Å². The Bertz CT molecular complexity index is 601. The highest BCUT2D eigenvalue weighted by molar-refractivity contribution is 5.84. The number of rotatable bonds is 4. The van der Waals surface area contributed by atoms with Crippen molar-refractivity contribution in [1.82, 2.24) is 5.16 Å². The third kappa shape index (κ3) is 2.53. The molecule has 0 aliphatic carbocycles. The molecule has 0 amide bonds. The summed E-state index contributed by atoms with van der Waals surface area (Å²) >= 11 is 0. The van der Waals surface area contributed by atoms with Crippen LogP contribution in [0.4, 0.5) is 13.2 Å². The van der Waals surface area contributed by atoms with Crippen LogP contribution in [0.25, 0.3) is 11.0 Å². The largest absolute Gasteiger partial charge is 0.437 e. The molecule has 2 aromatic rings. The van der Waals surface area contributed by atoms with E-state index in [0.29, 0.717) is 12.3 Å². The minimum absolute atomic E-state index is 0.0630. The molecule has 0 radical (unpaired) electrons. The van der Waals surface area contributed by atoms with Crippen LogP contribution in [0.1, 0.15) is 56.4 Å². The molecule has 0 saturated carbocycles. The van der Waals surface area contributed by atoms with E-state index in [1.807, 2.05) is 6.92 Å². The van der Waals surface area contributed by atoms with E-state index in [-0.39, 0.29) is 11.0 Å². The van der Waals surface area contributed by atoms with E-state index in [4.69, 9.17) is 4.52 Å². The molecular formula is C15H18F3NO. The van der Waals surface area contributed by atoms with Crippen molar-refractivity contribution < 1.29 is 17.7 Å². The lowest BCUT2D eigenvalue weighted by atomic mass is 9.90. The van der Waals surface area contributed by atoms with Crippen molar-refractivity contribution >= 4 is 11.0 Å². The second-order valence-electron chi connectivity index (χ2n) is 5.10. The van der Waals surface area contributed by atoms with Gasteiger partial charge in [0.1, 0.15) is 0 Å². The van der Waals surface area contributed by atoms with Gasteiger partial charge >= 0.3 is 6.18 Å². The molecule has 1 aromatic heterocycles. The van der Waals surface area contributed by atoms with Gasteiger partial charge in [0.15, 0.2) is 11.3 Å². The standard InChI is InChI=1S/C15H18F3NO/c1-4-6-11-10(9(3)5-2)7-8-12-13(11)20-19-14(12)15(16,17)18/h7-9H,4-6H2,1-3H3. The summed E-state index contributed by atoms with van der Waals surface area (Å²) in [5.74, 6) is 0.292. The molecule has 2 nitrogen and oxygen atoms in total. The minimum atomic E-state index is -4.48. The summed E-state index contributed by atoms with van der Waals surface area (Å²) < 4.78 is 43.6. The lowest BCUT2D eigenvalue weighted by Crippen LogP contribution is -2.06. The molecule has 20 heavy (non-hydrogen) atoms. The second kappa shape index (κ2) is 5.46. The highest BCUT2D eigenvalue weighted by Crippen LogP contribution is 2.38. The number of fused-ring (bicyclic) bond motifs is 1. The molecule has 1 aromatic carbocycles. The van der Waals surface area contributed by atoms with E-state index in [1.165, 1.54) is 6.07 Å². The molecule has 0 bridgehead atoms. The smallest absolute Gasteiger partial charge is 0.355 e. The maximum atomic E-state index is 12.9. The van der Waals surface area contributed by atoms with E-state index in [1.54, 1.807) is 6.07 Å². The topological polar surface area (TPSA) is 26.0 Å². The average Bonchev–Trinajstić information content (AvgIpc) is 2.82. The Balaban J connectivity index is 2.67. The number of nitrogens with zero attached hydrogens (tertiary/aromatic N) is 1. The molecule has 0 aliphatic heterocycles. The molecule has 0 aliphatic rings. The SMILES string of the molecule is CCCc1c(C(C)CC)ccc2c(C(F)(F)F)noc12. The van der Waals surface area contributed by atoms with E-state index < -0.39 is 11.9 Å². The normalized spacial score (nSPS) is 13.9. The van der Waals surface area contributed by atoms with Crippen LogP contribution >= 0.6 is 0 Å². The Hall–Kier alpha value is -1.52. The van der Waals surface area contributed by atoms with Crippen LogP contribution < -0.4 is 0 Å². The van der Waals surface area contributed by atoms with Gasteiger partial charge in [0, 0.05) is 5.56 Å². The Labute approximate surface area is 115 Å². The number of hydrogen-bond acceptors (Lipinski definition) is 2. The summed E-state index contributed by atoms with van der Waals surface area (Å²) in [5.41, 5.74) is 1.28. The van der Waals surface area contributed by atoms with Crippen LogP contribution in [0.15, 0.2) is 16.7 Å². The Morgan fingerprint density at radius 2 is 1.95 bits per heavy atom. The summed E-state index contributed by atoms with van der Waals surface area (Å²) in [4.78, 5) is 0. The number of halogens is 3. The van der Waals surface area contributed by atoms with Gasteiger partial charge in [-0.1, -0.05) is 38.4 Å². The zero-order chi connectivity index (χ0) is 14.9. The Kier molecular flexibility index (Phi) is 4.06. The van der Waals surface area contributed by atoms with E-state index in [9.17, 15) is 13.2 Å². The molecule has 110 valence electrons. The van der Waals surface area contributed by atoms with Crippen molar-refractivity contribution in [2.24, 2.45) is 0 Å². The second-order valence-corrected chi connectivity index (χ2v) is 5.10. The van der Waals surface area contributed by atoms with E-state index in [0.717, 1.165) is 24.0 Å². The zero-order valence-electron chi connectivity index (χ0n) is 11.8. The highest BCUT2D eigenvalue weighted by Gasteiger charge is 2.37. The summed E-state index contributed by atoms with van der Waals surface area (Å²) in [6, 6.07) is 3.27. The van der Waals surface area contributed by atoms with Crippen LogP contribution in [0.2, 0.25) is 0 Å². The maximum Gasteiger partial charge on any atom is 0.437 e. The average molecular weight is 285 g/mol. The molecular weight excluding hydrogens is 267 g/mol. The first-order chi connectivity index (χ1) is 9.40. The first-order valence-electron chi connectivity index (χ1n) is 6.88. The monoisotopic (exact) mass is 285 g/mol. The molecule has 1 unspecified atom stereocenters. The van der Waals surface area contributed by atoms with Crippen molar-refractivity contribution in [3.05, 3.63) is 29.0 Å². The van der Waals surface area contributed by atoms with Crippen molar-refractivity contribution in [2.45, 2.75) is 52.1 Å². The van der Waals surface area contributed by atoms with E-state index in [2.05, 4.69) is 19.0 Å². The van der Waals surface area contributed by atoms with Gasteiger partial charge in [0.25, 0.3) is 0 Å². The van der Waals surface area contributed by atoms with Gasteiger partial charge in [-0.15, -0.1) is 0 Å². The fourth-order valence-electron chi connectivity index (χ4n) is 2.47. The van der Waals surface area contributed by atoms with Crippen LogP contribution in [0, 0.1) is 0 Å². The Morgan fingerprint density at radius 3 is 2.50 bits per heavy atom. The van der Waals surface area contributed by atoms with Gasteiger partial charge in [0.2, 0.25) is 0 Å². The number of aromatic nitrogens is 1. The summed E-state index contributed by atoms with van der Waals surface area (Å²) in [7, 11) is 0. The minimum Gasteiger partial charge on any atom is -0.355 e. The lowest BCUT2D eigenvalue weighted by Gasteiger charge is -2.14. The van der Waals surface area contributed by atoms with Gasteiger partial charge in [-0.05, 0) is 30.4 Å². The first kappa shape index (κ1) is 14.9. The van der Waals surface area contributed by atoms with Crippen LogP contribution in [-0.2, 0) is 12.6 Å². The van der Waals surface area contributed by atoms with Gasteiger partial charge in [0.05, 0.1) is 5.39 Å². The fraction of sp³-hybridized carbons (Fsp3) is 0.533. The van der Waals surface area contributed by atoms with Crippen molar-refractivity contribution in [1.29, 1.82) is 0 Å². The van der Waals surface area contributed by atoms with Crippen LogP contribution in [0.3, 0.4) is 0 Å². The molecule has 0 spiro atoms. The third-order valence-corrected chi connectivity index (χ3v) is 3.69. The fourth-order valence-corrected chi connectivity index (χ4v) is 2.47. The van der Waals surface area contributed by atoms with Gasteiger partial charge in [-0.25, -0.2) is 0 Å². The van der Waals surface area contributed by atoms with Crippen LogP contribution in [0.5, 0.6) is 0 Å². The molecule has 0 N–H and O–H groups in total. The van der Waals surface area contributed by atoms with Gasteiger partial charge < -0.3 is 4.52 Å². The highest BCUT2D eigenvalue weighted by atomic mass is 19.4. The molecule has 5 heteroatoms. The predicted octanol–water partition coefficient (Wildman–Crippen LogP) is 5.31. The third-order valence-electron chi connectivity index (χ3n) is 3.69. The van der Waals surface area contributed by atoms with Crippen molar-refractivity contribution in [3.63, 3.8) is 0 Å². The molecule has 1 atom stereocenters. The van der Waals surface area contributed by atoms with Gasteiger partial charge in [-0.3, -0.25) is 0 Å². The quantitative estimate of drug-likeness (QED) is 0.760. The molecule has 0 saturated heterocycles. The predicted molar refractivity (Wildman–Crippen MR) is 71.7 cm³/mol. The first-order valence-corrected chi connectivity index (χ1v) is 6.88. The van der Waals surface area contributed by atoms with E-state index >= 15 is 0 Å². The molecule has 0 fully saturated rings. The number of alkyl halides is 3. The molecule has 1 heterocycles. The number of benzene rings is 1. The Morgan fingerprint density at radius 1 is 1.25 bits per heavy atom.